The Bertz CT molecular complexity index is 1160. The zero-order valence-electron chi connectivity index (χ0n) is 15.9. The van der Waals surface area contributed by atoms with Gasteiger partial charge < -0.3 is 20.3 Å². The van der Waals surface area contributed by atoms with Crippen LogP contribution in [0.25, 0.3) is 0 Å². The smallest absolute Gasteiger partial charge is 0.344 e. The van der Waals surface area contributed by atoms with Crippen molar-refractivity contribution in [2.45, 2.75) is 24.4 Å². The van der Waals surface area contributed by atoms with Crippen LogP contribution in [-0.2, 0) is 21.3 Å². The Hall–Kier alpha value is -3.03. The largest absolute Gasteiger partial charge is 0.490 e. The Balaban J connectivity index is 1.74. The van der Waals surface area contributed by atoms with Gasteiger partial charge in [-0.25, -0.2) is 9.19 Å². The molecule has 0 aliphatic carbocycles. The minimum atomic E-state index is -3.91. The van der Waals surface area contributed by atoms with Crippen molar-refractivity contribution >= 4 is 38.7 Å². The Morgan fingerprint density at radius 3 is 2.80 bits per heavy atom. The normalized spacial score (nSPS) is 15.9. The summed E-state index contributed by atoms with van der Waals surface area (Å²) in [6.45, 7) is 3.44. The van der Waals surface area contributed by atoms with Gasteiger partial charge in [-0.05, 0) is 38.1 Å². The van der Waals surface area contributed by atoms with Gasteiger partial charge in [0.1, 0.15) is 12.4 Å². The highest BCUT2D eigenvalue weighted by atomic mass is 32.2. The van der Waals surface area contributed by atoms with E-state index in [9.17, 15) is 17.4 Å². The third-order valence-corrected chi connectivity index (χ3v) is 5.45. The van der Waals surface area contributed by atoms with Crippen LogP contribution in [0.4, 0.5) is 5.69 Å². The van der Waals surface area contributed by atoms with Crippen molar-refractivity contribution in [2.75, 3.05) is 11.3 Å². The third-order valence-electron chi connectivity index (χ3n) is 3.96. The molecule has 13 heteroatoms. The number of anilines is 1. The summed E-state index contributed by atoms with van der Waals surface area (Å²) in [5, 5.41) is 2.63. The van der Waals surface area contributed by atoms with E-state index in [1.54, 1.807) is 26.0 Å². The number of hydrogen-bond donors (Lipinski definition) is 4. The number of benzene rings is 1. The third kappa shape index (κ3) is 4.93. The first-order chi connectivity index (χ1) is 14.0. The molecule has 1 aromatic carbocycles. The van der Waals surface area contributed by atoms with Crippen LogP contribution in [0.15, 0.2) is 46.0 Å². The first kappa shape index (κ1) is 21.7. The topological polar surface area (TPSA) is 173 Å². The summed E-state index contributed by atoms with van der Waals surface area (Å²) in [6.07, 6.45) is 1.27. The van der Waals surface area contributed by atoms with Crippen molar-refractivity contribution in [3.05, 3.63) is 47.7 Å². The predicted octanol–water partition coefficient (Wildman–Crippen LogP) is 0.625. The summed E-state index contributed by atoms with van der Waals surface area (Å²) in [4.78, 5) is 16.2. The van der Waals surface area contributed by atoms with Gasteiger partial charge >= 0.3 is 10.2 Å². The predicted molar refractivity (Wildman–Crippen MR) is 110 cm³/mol. The number of ether oxygens (including phenoxy) is 1. The lowest BCUT2D eigenvalue weighted by molar-refractivity contribution is 0.0880. The van der Waals surface area contributed by atoms with Gasteiger partial charge in [0, 0.05) is 11.8 Å². The van der Waals surface area contributed by atoms with Gasteiger partial charge in [-0.3, -0.25) is 9.52 Å². The molecule has 0 saturated carbocycles. The molecule has 1 unspecified atom stereocenters. The molecule has 0 spiro atoms. The Kier molecular flexibility index (Phi) is 5.78. The molecule has 30 heavy (non-hydrogen) atoms. The Morgan fingerprint density at radius 2 is 2.10 bits per heavy atom. The number of amidine groups is 1. The number of aromatic nitrogens is 1. The number of carbonyl (C=O) groups is 1. The molecule has 1 aliphatic heterocycles. The number of carbonyl (C=O) groups excluding carboxylic acids is 1. The second kappa shape index (κ2) is 8.01. The molecule has 2 aromatic rings. The van der Waals surface area contributed by atoms with E-state index >= 15 is 0 Å². The molecule has 5 N–H and O–H groups in total. The van der Waals surface area contributed by atoms with Crippen molar-refractivity contribution in [1.82, 2.24) is 10.3 Å². The van der Waals surface area contributed by atoms with Crippen LogP contribution in [0.5, 0.6) is 5.75 Å². The van der Waals surface area contributed by atoms with E-state index < -0.39 is 32.7 Å². The highest BCUT2D eigenvalue weighted by molar-refractivity contribution is 7.91. The Morgan fingerprint density at radius 1 is 1.37 bits per heavy atom. The van der Waals surface area contributed by atoms with Crippen molar-refractivity contribution < 1.29 is 26.7 Å². The molecule has 1 amide bonds. The van der Waals surface area contributed by atoms with Crippen LogP contribution in [0.1, 0.15) is 29.8 Å². The fraction of sp³-hybridized carbons (Fsp3) is 0.235. The number of hydrogen-bond acceptors (Lipinski definition) is 7. The van der Waals surface area contributed by atoms with Crippen LogP contribution in [-0.4, -0.2) is 46.1 Å². The van der Waals surface area contributed by atoms with E-state index in [0.717, 1.165) is 0 Å². The van der Waals surface area contributed by atoms with Crippen LogP contribution in [0.3, 0.4) is 0 Å². The van der Waals surface area contributed by atoms with E-state index in [2.05, 4.69) is 19.4 Å². The minimum absolute atomic E-state index is 0.0130. The summed E-state index contributed by atoms with van der Waals surface area (Å²) in [6, 6.07) is 7.36. The lowest BCUT2D eigenvalue weighted by atomic mass is 10.1. The number of fused-ring (bicyclic) bond motifs is 1. The van der Waals surface area contributed by atoms with Gasteiger partial charge in [-0.2, -0.15) is 8.42 Å². The maximum Gasteiger partial charge on any atom is 0.344 e. The average molecular weight is 454 g/mol. The van der Waals surface area contributed by atoms with Gasteiger partial charge in [-0.15, -0.1) is 4.40 Å². The quantitative estimate of drug-likeness (QED) is 0.461. The van der Waals surface area contributed by atoms with Crippen LogP contribution >= 0.6 is 0 Å². The maximum absolute atomic E-state index is 12.5. The first-order valence-corrected chi connectivity index (χ1v) is 11.1. The molecule has 3 rings (SSSR count). The molecule has 1 aromatic heterocycles. The van der Waals surface area contributed by atoms with Crippen LogP contribution in [0, 0.1) is 0 Å². The summed E-state index contributed by atoms with van der Waals surface area (Å²) in [5.41, 5.74) is 5.64. The number of rotatable bonds is 6. The number of nitrogens with two attached hydrogens (primary N) is 1. The summed E-state index contributed by atoms with van der Waals surface area (Å²) in [7, 11) is -3.91. The van der Waals surface area contributed by atoms with Crippen molar-refractivity contribution in [2.24, 2.45) is 10.1 Å². The number of pyridine rings is 1. The van der Waals surface area contributed by atoms with Crippen LogP contribution < -0.4 is 20.5 Å². The van der Waals surface area contributed by atoms with Crippen molar-refractivity contribution in [1.29, 1.82) is 0 Å². The number of nitrogens with one attached hydrogen (secondary N) is 2. The lowest BCUT2D eigenvalue weighted by Gasteiger charge is -2.27. The maximum atomic E-state index is 12.5. The van der Waals surface area contributed by atoms with E-state index in [4.69, 9.17) is 15.0 Å². The first-order valence-electron chi connectivity index (χ1n) is 8.51. The zero-order valence-corrected chi connectivity index (χ0v) is 17.6. The number of amides is 1. The van der Waals surface area contributed by atoms with Gasteiger partial charge in [-0.1, -0.05) is 6.07 Å². The monoisotopic (exact) mass is 453 g/mol. The Labute approximate surface area is 175 Å². The molecular formula is C17H19N5O6S2. The molecule has 0 radical (unpaired) electrons. The molecule has 0 fully saturated rings. The average Bonchev–Trinajstić information content (AvgIpc) is 2.65. The second-order valence-corrected chi connectivity index (χ2v) is 9.24. The minimum Gasteiger partial charge on any atom is -0.490 e. The summed E-state index contributed by atoms with van der Waals surface area (Å²) >= 11 is -2.31. The number of nitrogens with zero attached hydrogens (tertiary/aromatic N) is 2. The molecule has 11 nitrogen and oxygen atoms in total. The molecule has 1 atom stereocenters. The van der Waals surface area contributed by atoms with Crippen molar-refractivity contribution in [3.8, 4) is 5.75 Å². The fourth-order valence-corrected chi connectivity index (χ4v) is 3.88. The van der Waals surface area contributed by atoms with Gasteiger partial charge in [0.05, 0.1) is 16.8 Å². The van der Waals surface area contributed by atoms with Gasteiger partial charge in [0.2, 0.25) is 11.1 Å². The lowest BCUT2D eigenvalue weighted by Crippen LogP contribution is -2.48. The SMILES string of the molecule is CC(C)(COc1cccc2c1C(N)=NS(=O)(=O)N2)NC(=O)c1ccnc(S(=O)O)c1. The second-order valence-electron chi connectivity index (χ2n) is 6.99. The standard InChI is InChI=1S/C17H19N5O6S2/c1-17(2,20-16(23)10-6-7-19-13(8-10)29(24)25)9-28-12-5-3-4-11-14(12)15(18)22-30(26,27)21-11/h3-8,21H,9H2,1-2H3,(H2,18,22)(H,20,23)(H,24,25). The molecular weight excluding hydrogens is 434 g/mol. The van der Waals surface area contributed by atoms with E-state index in [-0.39, 0.29) is 28.7 Å². The molecule has 160 valence electrons. The van der Waals surface area contributed by atoms with Crippen molar-refractivity contribution in [3.63, 3.8) is 0 Å². The molecule has 0 bridgehead atoms. The highest BCUT2D eigenvalue weighted by Crippen LogP contribution is 2.30. The molecule has 2 heterocycles. The molecule has 1 aliphatic rings. The molecule has 0 saturated heterocycles. The summed E-state index contributed by atoms with van der Waals surface area (Å²) < 4.78 is 55.1. The zero-order chi connectivity index (χ0) is 22.1. The van der Waals surface area contributed by atoms with Crippen LogP contribution in [0.2, 0.25) is 0 Å². The highest BCUT2D eigenvalue weighted by Gasteiger charge is 2.27. The van der Waals surface area contributed by atoms with E-state index in [1.165, 1.54) is 24.4 Å². The van der Waals surface area contributed by atoms with Gasteiger partial charge in [0.15, 0.2) is 10.9 Å². The summed E-state index contributed by atoms with van der Waals surface area (Å²) in [5.74, 6) is -0.399. The van der Waals surface area contributed by atoms with E-state index in [0.29, 0.717) is 11.3 Å². The van der Waals surface area contributed by atoms with Gasteiger partial charge in [0.25, 0.3) is 5.91 Å². The fourth-order valence-electron chi connectivity index (χ4n) is 2.66. The van der Waals surface area contributed by atoms with E-state index in [1.807, 2.05) is 0 Å².